The second-order valence-corrected chi connectivity index (χ2v) is 6.37. The van der Waals surface area contributed by atoms with Crippen LogP contribution in [0.1, 0.15) is 28.6 Å². The molecule has 3 aromatic rings. The van der Waals surface area contributed by atoms with E-state index in [0.717, 1.165) is 5.56 Å². The SMILES string of the molecule is Cc1ccc(O[C@H](C)C(=O)Nc2ccccc2C(=O)NCc2ccco2)cc1. The van der Waals surface area contributed by atoms with E-state index in [2.05, 4.69) is 10.6 Å². The summed E-state index contributed by atoms with van der Waals surface area (Å²) in [5, 5.41) is 5.54. The zero-order valence-corrected chi connectivity index (χ0v) is 15.8. The zero-order chi connectivity index (χ0) is 19.9. The Bertz CT molecular complexity index is 933. The summed E-state index contributed by atoms with van der Waals surface area (Å²) in [6, 6.07) is 17.8. The van der Waals surface area contributed by atoms with Gasteiger partial charge in [0.05, 0.1) is 24.1 Å². The normalized spacial score (nSPS) is 11.5. The van der Waals surface area contributed by atoms with Crippen molar-refractivity contribution in [3.63, 3.8) is 0 Å². The molecule has 2 N–H and O–H groups in total. The molecule has 0 saturated heterocycles. The lowest BCUT2D eigenvalue weighted by molar-refractivity contribution is -0.122. The molecule has 1 aromatic heterocycles. The molecule has 0 bridgehead atoms. The quantitative estimate of drug-likeness (QED) is 0.653. The van der Waals surface area contributed by atoms with Crippen LogP contribution in [-0.4, -0.2) is 17.9 Å². The highest BCUT2D eigenvalue weighted by Gasteiger charge is 2.18. The minimum atomic E-state index is -0.720. The lowest BCUT2D eigenvalue weighted by Crippen LogP contribution is -2.31. The first-order chi connectivity index (χ1) is 13.5. The van der Waals surface area contributed by atoms with Crippen molar-refractivity contribution < 1.29 is 18.7 Å². The minimum Gasteiger partial charge on any atom is -0.481 e. The molecule has 0 aliphatic carbocycles. The largest absolute Gasteiger partial charge is 0.481 e. The van der Waals surface area contributed by atoms with Crippen molar-refractivity contribution in [2.24, 2.45) is 0 Å². The van der Waals surface area contributed by atoms with Gasteiger partial charge in [-0.3, -0.25) is 9.59 Å². The number of hydrogen-bond donors (Lipinski definition) is 2. The van der Waals surface area contributed by atoms with Crippen LogP contribution in [0.5, 0.6) is 5.75 Å². The molecule has 0 aliphatic rings. The van der Waals surface area contributed by atoms with Gasteiger partial charge in [-0.2, -0.15) is 0 Å². The van der Waals surface area contributed by atoms with E-state index in [4.69, 9.17) is 9.15 Å². The highest BCUT2D eigenvalue weighted by atomic mass is 16.5. The Balaban J connectivity index is 1.63. The number of para-hydroxylation sites is 1. The van der Waals surface area contributed by atoms with Crippen LogP contribution < -0.4 is 15.4 Å². The molecule has 3 rings (SSSR count). The lowest BCUT2D eigenvalue weighted by atomic mass is 10.1. The second-order valence-electron chi connectivity index (χ2n) is 6.37. The summed E-state index contributed by atoms with van der Waals surface area (Å²) < 4.78 is 10.9. The van der Waals surface area contributed by atoms with Gasteiger partial charge in [0.25, 0.3) is 11.8 Å². The molecule has 144 valence electrons. The topological polar surface area (TPSA) is 80.6 Å². The average Bonchev–Trinajstić information content (AvgIpc) is 3.22. The molecule has 0 unspecified atom stereocenters. The van der Waals surface area contributed by atoms with Crippen molar-refractivity contribution >= 4 is 17.5 Å². The van der Waals surface area contributed by atoms with Crippen molar-refractivity contribution in [2.75, 3.05) is 5.32 Å². The van der Waals surface area contributed by atoms with Crippen LogP contribution in [0, 0.1) is 6.92 Å². The van der Waals surface area contributed by atoms with Crippen molar-refractivity contribution in [3.8, 4) is 5.75 Å². The number of aryl methyl sites for hydroxylation is 1. The van der Waals surface area contributed by atoms with Gasteiger partial charge >= 0.3 is 0 Å². The molecular weight excluding hydrogens is 356 g/mol. The van der Waals surface area contributed by atoms with E-state index in [9.17, 15) is 9.59 Å². The number of carbonyl (C=O) groups is 2. The van der Waals surface area contributed by atoms with Crippen LogP contribution in [0.3, 0.4) is 0 Å². The fourth-order valence-electron chi connectivity index (χ4n) is 2.57. The first-order valence-electron chi connectivity index (χ1n) is 8.97. The van der Waals surface area contributed by atoms with E-state index in [-0.39, 0.29) is 18.4 Å². The third kappa shape index (κ3) is 5.01. The standard InChI is InChI=1S/C22H22N2O4/c1-15-9-11-17(12-10-15)28-16(2)21(25)24-20-8-4-3-7-19(20)22(26)23-14-18-6-5-13-27-18/h3-13,16H,14H2,1-2H3,(H,23,26)(H,24,25)/t16-/m1/s1. The predicted octanol–water partition coefficient (Wildman–Crippen LogP) is 3.92. The maximum Gasteiger partial charge on any atom is 0.265 e. The molecule has 0 saturated carbocycles. The summed E-state index contributed by atoms with van der Waals surface area (Å²) in [7, 11) is 0. The van der Waals surface area contributed by atoms with Gasteiger partial charge < -0.3 is 19.8 Å². The van der Waals surface area contributed by atoms with E-state index in [1.54, 1.807) is 49.6 Å². The monoisotopic (exact) mass is 378 g/mol. The van der Waals surface area contributed by atoms with Crippen molar-refractivity contribution in [1.29, 1.82) is 0 Å². The van der Waals surface area contributed by atoms with E-state index in [1.807, 2.05) is 31.2 Å². The second kappa shape index (κ2) is 8.90. The molecule has 0 radical (unpaired) electrons. The first kappa shape index (κ1) is 19.2. The van der Waals surface area contributed by atoms with Crippen molar-refractivity contribution in [1.82, 2.24) is 5.32 Å². The number of rotatable bonds is 7. The Kier molecular flexibility index (Phi) is 6.11. The summed E-state index contributed by atoms with van der Waals surface area (Å²) in [6.07, 6.45) is 0.826. The van der Waals surface area contributed by atoms with Gasteiger partial charge in [0.2, 0.25) is 0 Å². The van der Waals surface area contributed by atoms with E-state index >= 15 is 0 Å². The van der Waals surface area contributed by atoms with Gasteiger partial charge in [-0.25, -0.2) is 0 Å². The van der Waals surface area contributed by atoms with Crippen LogP contribution in [0.2, 0.25) is 0 Å². The van der Waals surface area contributed by atoms with Crippen molar-refractivity contribution in [3.05, 3.63) is 83.8 Å². The molecule has 6 heteroatoms. The molecule has 2 amide bonds. The molecule has 1 atom stereocenters. The summed E-state index contributed by atoms with van der Waals surface area (Å²) in [6.45, 7) is 3.91. The summed E-state index contributed by atoms with van der Waals surface area (Å²) in [5.41, 5.74) is 1.90. The fourth-order valence-corrected chi connectivity index (χ4v) is 2.57. The summed E-state index contributed by atoms with van der Waals surface area (Å²) in [5.74, 6) is 0.610. The smallest absolute Gasteiger partial charge is 0.265 e. The van der Waals surface area contributed by atoms with Crippen LogP contribution in [0.4, 0.5) is 5.69 Å². The molecule has 0 fully saturated rings. The fraction of sp³-hybridized carbons (Fsp3) is 0.182. The lowest BCUT2D eigenvalue weighted by Gasteiger charge is -2.16. The van der Waals surface area contributed by atoms with Gasteiger partial charge in [0.15, 0.2) is 6.10 Å². The third-order valence-electron chi connectivity index (χ3n) is 4.14. The number of amides is 2. The highest BCUT2D eigenvalue weighted by molar-refractivity contribution is 6.04. The number of nitrogens with one attached hydrogen (secondary N) is 2. The van der Waals surface area contributed by atoms with Crippen LogP contribution in [0.25, 0.3) is 0 Å². The molecule has 28 heavy (non-hydrogen) atoms. The van der Waals surface area contributed by atoms with Gasteiger partial charge in [-0.15, -0.1) is 0 Å². The van der Waals surface area contributed by atoms with E-state index in [1.165, 1.54) is 0 Å². The Morgan fingerprint density at radius 3 is 2.50 bits per heavy atom. The Hall–Kier alpha value is -3.54. The number of ether oxygens (including phenoxy) is 1. The Labute approximate surface area is 163 Å². The Morgan fingerprint density at radius 2 is 1.79 bits per heavy atom. The number of hydrogen-bond acceptors (Lipinski definition) is 4. The summed E-state index contributed by atoms with van der Waals surface area (Å²) in [4.78, 5) is 25.0. The predicted molar refractivity (Wildman–Crippen MR) is 106 cm³/mol. The van der Waals surface area contributed by atoms with Crippen LogP contribution >= 0.6 is 0 Å². The maximum atomic E-state index is 12.5. The van der Waals surface area contributed by atoms with Gasteiger partial charge in [-0.1, -0.05) is 29.8 Å². The van der Waals surface area contributed by atoms with Crippen molar-refractivity contribution in [2.45, 2.75) is 26.5 Å². The van der Waals surface area contributed by atoms with Gasteiger partial charge in [-0.05, 0) is 50.2 Å². The number of anilines is 1. The van der Waals surface area contributed by atoms with E-state index in [0.29, 0.717) is 22.8 Å². The molecule has 1 heterocycles. The maximum absolute atomic E-state index is 12.5. The van der Waals surface area contributed by atoms with Crippen LogP contribution in [0.15, 0.2) is 71.3 Å². The molecule has 0 aliphatic heterocycles. The highest BCUT2D eigenvalue weighted by Crippen LogP contribution is 2.18. The van der Waals surface area contributed by atoms with Gasteiger partial charge in [0.1, 0.15) is 11.5 Å². The van der Waals surface area contributed by atoms with E-state index < -0.39 is 6.10 Å². The van der Waals surface area contributed by atoms with Gasteiger partial charge in [0, 0.05) is 0 Å². The molecule has 2 aromatic carbocycles. The van der Waals surface area contributed by atoms with Crippen LogP contribution in [-0.2, 0) is 11.3 Å². The molecule has 6 nitrogen and oxygen atoms in total. The first-order valence-corrected chi connectivity index (χ1v) is 8.97. The zero-order valence-electron chi connectivity index (χ0n) is 15.8. The average molecular weight is 378 g/mol. The third-order valence-corrected chi connectivity index (χ3v) is 4.14. The molecular formula is C22H22N2O4. The number of furan rings is 1. The minimum absolute atomic E-state index is 0.265. The number of carbonyl (C=O) groups excluding carboxylic acids is 2. The molecule has 0 spiro atoms. The summed E-state index contributed by atoms with van der Waals surface area (Å²) >= 11 is 0. The number of benzene rings is 2. The Morgan fingerprint density at radius 1 is 1.04 bits per heavy atom.